The Morgan fingerprint density at radius 2 is 2.03 bits per heavy atom. The third-order valence-corrected chi connectivity index (χ3v) is 8.12. The number of amides is 1. The number of carbonyl (C=O) groups excluding carboxylic acids is 1. The van der Waals surface area contributed by atoms with Crippen LogP contribution >= 0.6 is 23.4 Å². The molecule has 6 nitrogen and oxygen atoms in total. The summed E-state index contributed by atoms with van der Waals surface area (Å²) in [7, 11) is -3.87. The second-order valence-electron chi connectivity index (χ2n) is 6.94. The van der Waals surface area contributed by atoms with Crippen molar-refractivity contribution in [2.24, 2.45) is 0 Å². The Morgan fingerprint density at radius 1 is 1.24 bits per heavy atom. The number of thioether (sulfide) groups is 1. The molecule has 0 aliphatic carbocycles. The fourth-order valence-electron chi connectivity index (χ4n) is 3.54. The molecule has 0 N–H and O–H groups in total. The van der Waals surface area contributed by atoms with E-state index in [0.717, 1.165) is 10.6 Å². The van der Waals surface area contributed by atoms with Crippen molar-refractivity contribution in [3.05, 3.63) is 41.4 Å². The summed E-state index contributed by atoms with van der Waals surface area (Å²) >= 11 is 7.75. The Bertz CT molecular complexity index is 1070. The third-order valence-electron chi connectivity index (χ3n) is 5.07. The zero-order valence-electron chi connectivity index (χ0n) is 16.1. The first kappa shape index (κ1) is 20.4. The molecule has 1 unspecified atom stereocenters. The first-order chi connectivity index (χ1) is 13.8. The van der Waals surface area contributed by atoms with Crippen molar-refractivity contribution in [2.75, 3.05) is 28.0 Å². The number of benzene rings is 2. The maximum atomic E-state index is 13.6. The van der Waals surface area contributed by atoms with E-state index in [2.05, 4.69) is 0 Å². The number of hydrogen-bond donors (Lipinski definition) is 0. The number of halogens is 1. The lowest BCUT2D eigenvalue weighted by Gasteiger charge is -2.35. The van der Waals surface area contributed by atoms with Gasteiger partial charge in [0.2, 0.25) is 5.91 Å². The maximum absolute atomic E-state index is 13.6. The molecule has 2 heterocycles. The largest absolute Gasteiger partial charge is 0.486 e. The van der Waals surface area contributed by atoms with E-state index < -0.39 is 10.0 Å². The van der Waals surface area contributed by atoms with Crippen LogP contribution in [-0.2, 0) is 14.8 Å². The van der Waals surface area contributed by atoms with Gasteiger partial charge < -0.3 is 9.64 Å². The van der Waals surface area contributed by atoms with Gasteiger partial charge in [0, 0.05) is 29.1 Å². The average molecular weight is 453 g/mol. The van der Waals surface area contributed by atoms with Crippen molar-refractivity contribution in [2.45, 2.75) is 36.2 Å². The molecule has 2 aliphatic heterocycles. The predicted octanol–water partition coefficient (Wildman–Crippen LogP) is 4.16. The molecule has 9 heteroatoms. The van der Waals surface area contributed by atoms with Crippen molar-refractivity contribution in [3.8, 4) is 5.75 Å². The second-order valence-corrected chi connectivity index (χ2v) is 10.4. The number of sulfonamides is 1. The van der Waals surface area contributed by atoms with Gasteiger partial charge >= 0.3 is 0 Å². The van der Waals surface area contributed by atoms with Crippen LogP contribution in [0.4, 0.5) is 11.4 Å². The van der Waals surface area contributed by atoms with E-state index in [9.17, 15) is 13.2 Å². The Kier molecular flexibility index (Phi) is 5.44. The minimum Gasteiger partial charge on any atom is -0.486 e. The fraction of sp³-hybridized carbons (Fsp3) is 0.350. The van der Waals surface area contributed by atoms with E-state index in [4.69, 9.17) is 16.3 Å². The molecule has 29 heavy (non-hydrogen) atoms. The first-order valence-corrected chi connectivity index (χ1v) is 12.2. The summed E-state index contributed by atoms with van der Waals surface area (Å²) in [6.45, 7) is 4.21. The predicted molar refractivity (Wildman–Crippen MR) is 116 cm³/mol. The van der Waals surface area contributed by atoms with Gasteiger partial charge in [-0.15, -0.1) is 11.8 Å². The molecule has 0 bridgehead atoms. The van der Waals surface area contributed by atoms with Gasteiger partial charge in [0.1, 0.15) is 11.9 Å². The molecule has 4 rings (SSSR count). The topological polar surface area (TPSA) is 66.9 Å². The zero-order chi connectivity index (χ0) is 20.8. The van der Waals surface area contributed by atoms with E-state index in [0.29, 0.717) is 35.1 Å². The Balaban J connectivity index is 1.81. The number of anilines is 2. The molecule has 0 fully saturated rings. The van der Waals surface area contributed by atoms with Crippen LogP contribution in [0.1, 0.15) is 20.3 Å². The number of nitrogens with zero attached hydrogens (tertiary/aromatic N) is 2. The molecule has 2 aromatic carbocycles. The lowest BCUT2D eigenvalue weighted by atomic mass is 10.2. The molecule has 0 saturated heterocycles. The van der Waals surface area contributed by atoms with Crippen LogP contribution in [0.3, 0.4) is 0 Å². The molecule has 2 aliphatic rings. The standard InChI is InChI=1S/C20H21ClN2O4S2/c1-3-15-12-23(17-10-14(21)4-6-19(17)27-15)29(25,26)16-5-7-20-18(11-16)22(13(2)24)8-9-28-20/h4-7,10-11,15H,3,8-9,12H2,1-2H3. The summed E-state index contributed by atoms with van der Waals surface area (Å²) in [6, 6.07) is 9.96. The molecule has 2 aromatic rings. The van der Waals surface area contributed by atoms with Crippen LogP contribution in [0.2, 0.25) is 5.02 Å². The first-order valence-electron chi connectivity index (χ1n) is 9.35. The molecule has 154 valence electrons. The van der Waals surface area contributed by atoms with Crippen molar-refractivity contribution < 1.29 is 17.9 Å². The van der Waals surface area contributed by atoms with Gasteiger partial charge in [0.25, 0.3) is 10.0 Å². The van der Waals surface area contributed by atoms with Gasteiger partial charge in [-0.2, -0.15) is 0 Å². The number of fused-ring (bicyclic) bond motifs is 2. The van der Waals surface area contributed by atoms with Crippen LogP contribution in [0, 0.1) is 0 Å². The van der Waals surface area contributed by atoms with Crippen molar-refractivity contribution in [1.29, 1.82) is 0 Å². The molecule has 0 spiro atoms. The number of rotatable bonds is 3. The van der Waals surface area contributed by atoms with Crippen LogP contribution in [0.25, 0.3) is 0 Å². The Morgan fingerprint density at radius 3 is 2.76 bits per heavy atom. The van der Waals surface area contributed by atoms with E-state index in [-0.39, 0.29) is 23.5 Å². The van der Waals surface area contributed by atoms with Gasteiger partial charge in [-0.3, -0.25) is 9.10 Å². The maximum Gasteiger partial charge on any atom is 0.264 e. The monoisotopic (exact) mass is 452 g/mol. The summed E-state index contributed by atoms with van der Waals surface area (Å²) in [5.74, 6) is 1.18. The molecule has 0 saturated carbocycles. The molecule has 1 amide bonds. The number of hydrogen-bond acceptors (Lipinski definition) is 5. The number of ether oxygens (including phenoxy) is 1. The summed E-state index contributed by atoms with van der Waals surface area (Å²) in [5, 5.41) is 0.437. The number of carbonyl (C=O) groups is 1. The molecular formula is C20H21ClN2O4S2. The quantitative estimate of drug-likeness (QED) is 0.699. The lowest BCUT2D eigenvalue weighted by Crippen LogP contribution is -2.43. The summed E-state index contributed by atoms with van der Waals surface area (Å²) in [6.07, 6.45) is 0.424. The highest BCUT2D eigenvalue weighted by Crippen LogP contribution is 2.41. The lowest BCUT2D eigenvalue weighted by molar-refractivity contribution is -0.116. The minimum atomic E-state index is -3.87. The summed E-state index contributed by atoms with van der Waals surface area (Å²) in [4.78, 5) is 14.7. The van der Waals surface area contributed by atoms with Gasteiger partial charge in [0.15, 0.2) is 0 Å². The highest BCUT2D eigenvalue weighted by molar-refractivity contribution is 7.99. The van der Waals surface area contributed by atoms with E-state index in [1.165, 1.54) is 11.2 Å². The average Bonchev–Trinajstić information content (AvgIpc) is 2.71. The SMILES string of the molecule is CCC1CN(S(=O)(=O)c2ccc3c(c2)N(C(C)=O)CCS3)c2cc(Cl)ccc2O1. The highest BCUT2D eigenvalue weighted by Gasteiger charge is 2.35. The molecule has 1 atom stereocenters. The molecule has 0 radical (unpaired) electrons. The highest BCUT2D eigenvalue weighted by atomic mass is 35.5. The van der Waals surface area contributed by atoms with E-state index in [1.54, 1.807) is 53.1 Å². The van der Waals surface area contributed by atoms with Crippen molar-refractivity contribution in [1.82, 2.24) is 0 Å². The summed E-state index contributed by atoms with van der Waals surface area (Å²) in [5.41, 5.74) is 1.07. The van der Waals surface area contributed by atoms with Crippen LogP contribution in [0.15, 0.2) is 46.2 Å². The zero-order valence-corrected chi connectivity index (χ0v) is 18.5. The Labute approximate surface area is 179 Å². The van der Waals surface area contributed by atoms with E-state index >= 15 is 0 Å². The summed E-state index contributed by atoms with van der Waals surface area (Å²) < 4.78 is 34.5. The van der Waals surface area contributed by atoms with Crippen molar-refractivity contribution >= 4 is 50.7 Å². The Hall–Kier alpha value is -1.90. The third kappa shape index (κ3) is 3.69. The normalized spacial score (nSPS) is 18.7. The van der Waals surface area contributed by atoms with Gasteiger partial charge in [0.05, 0.1) is 22.8 Å². The van der Waals surface area contributed by atoms with Gasteiger partial charge in [-0.1, -0.05) is 18.5 Å². The van der Waals surface area contributed by atoms with E-state index in [1.807, 2.05) is 6.92 Å². The smallest absolute Gasteiger partial charge is 0.264 e. The van der Waals surface area contributed by atoms with Crippen LogP contribution in [-0.4, -0.2) is 39.3 Å². The minimum absolute atomic E-state index is 0.101. The fourth-order valence-corrected chi connectivity index (χ4v) is 6.20. The van der Waals surface area contributed by atoms with Gasteiger partial charge in [-0.05, 0) is 42.8 Å². The van der Waals surface area contributed by atoms with Crippen LogP contribution in [0.5, 0.6) is 5.75 Å². The van der Waals surface area contributed by atoms with Crippen LogP contribution < -0.4 is 13.9 Å². The van der Waals surface area contributed by atoms with Crippen molar-refractivity contribution in [3.63, 3.8) is 0 Å². The second kappa shape index (κ2) is 7.74. The van der Waals surface area contributed by atoms with Gasteiger partial charge in [-0.25, -0.2) is 8.42 Å². The molecular weight excluding hydrogens is 432 g/mol. The molecule has 0 aromatic heterocycles.